The van der Waals surface area contributed by atoms with Gasteiger partial charge in [0.15, 0.2) is 0 Å². The predicted octanol–water partition coefficient (Wildman–Crippen LogP) is 1.16. The predicted molar refractivity (Wildman–Crippen MR) is 50.1 cm³/mol. The quantitative estimate of drug-likeness (QED) is 0.441. The first-order valence-electron chi connectivity index (χ1n) is 4.26. The maximum absolute atomic E-state index is 4.97. The Balaban J connectivity index is 3.02. The summed E-state index contributed by atoms with van der Waals surface area (Å²) in [5.41, 5.74) is 0. The lowest BCUT2D eigenvalue weighted by Crippen LogP contribution is -2.31. The molecule has 3 nitrogen and oxygen atoms in total. The fourth-order valence-corrected chi connectivity index (χ4v) is 0.896. The van der Waals surface area contributed by atoms with E-state index in [1.54, 1.807) is 7.11 Å². The Morgan fingerprint density at radius 1 is 1.58 bits per heavy atom. The van der Waals surface area contributed by atoms with Crippen molar-refractivity contribution >= 4 is 0 Å². The molecule has 0 radical (unpaired) electrons. The van der Waals surface area contributed by atoms with E-state index in [4.69, 9.17) is 9.47 Å². The van der Waals surface area contributed by atoms with Gasteiger partial charge in [-0.1, -0.05) is 6.58 Å². The normalized spacial score (nSPS) is 12.5. The van der Waals surface area contributed by atoms with E-state index in [2.05, 4.69) is 18.8 Å². The molecule has 72 valence electrons. The van der Waals surface area contributed by atoms with Crippen molar-refractivity contribution in [1.82, 2.24) is 5.32 Å². The van der Waals surface area contributed by atoms with E-state index in [0.717, 1.165) is 26.2 Å². The molecule has 1 N–H and O–H groups in total. The molecule has 0 fully saturated rings. The van der Waals surface area contributed by atoms with Crippen molar-refractivity contribution in [3.63, 3.8) is 0 Å². The SMILES string of the molecule is C=COCCCNC(C)COC. The summed E-state index contributed by atoms with van der Waals surface area (Å²) >= 11 is 0. The first-order chi connectivity index (χ1) is 5.81. The van der Waals surface area contributed by atoms with Crippen LogP contribution in [0.5, 0.6) is 0 Å². The van der Waals surface area contributed by atoms with Crippen LogP contribution < -0.4 is 5.32 Å². The maximum Gasteiger partial charge on any atom is 0.0885 e. The van der Waals surface area contributed by atoms with Gasteiger partial charge in [-0.05, 0) is 19.9 Å². The Bertz CT molecular complexity index is 107. The van der Waals surface area contributed by atoms with Gasteiger partial charge >= 0.3 is 0 Å². The summed E-state index contributed by atoms with van der Waals surface area (Å²) in [6, 6.07) is 0.415. The molecular weight excluding hydrogens is 154 g/mol. The third-order valence-electron chi connectivity index (χ3n) is 1.47. The van der Waals surface area contributed by atoms with Gasteiger partial charge in [0.2, 0.25) is 0 Å². The molecule has 0 aromatic rings. The van der Waals surface area contributed by atoms with Crippen molar-refractivity contribution in [2.75, 3.05) is 26.9 Å². The highest BCUT2D eigenvalue weighted by atomic mass is 16.5. The fraction of sp³-hybridized carbons (Fsp3) is 0.778. The highest BCUT2D eigenvalue weighted by molar-refractivity contribution is 4.58. The molecule has 0 heterocycles. The zero-order valence-electron chi connectivity index (χ0n) is 8.01. The minimum atomic E-state index is 0.415. The molecule has 0 spiro atoms. The van der Waals surface area contributed by atoms with Crippen LogP contribution in [0.15, 0.2) is 12.8 Å². The lowest BCUT2D eigenvalue weighted by atomic mass is 10.3. The summed E-state index contributed by atoms with van der Waals surface area (Å²) in [6.07, 6.45) is 2.47. The van der Waals surface area contributed by atoms with E-state index in [0.29, 0.717) is 6.04 Å². The second kappa shape index (κ2) is 8.56. The summed E-state index contributed by atoms with van der Waals surface area (Å²) in [4.78, 5) is 0. The van der Waals surface area contributed by atoms with Crippen LogP contribution in [0.4, 0.5) is 0 Å². The van der Waals surface area contributed by atoms with Crippen LogP contribution >= 0.6 is 0 Å². The Morgan fingerprint density at radius 2 is 2.33 bits per heavy atom. The third-order valence-corrected chi connectivity index (χ3v) is 1.47. The van der Waals surface area contributed by atoms with Crippen molar-refractivity contribution in [1.29, 1.82) is 0 Å². The standard InChI is InChI=1S/C9H19NO2/c1-4-12-7-5-6-10-9(2)8-11-3/h4,9-10H,1,5-8H2,2-3H3. The summed E-state index contributed by atoms with van der Waals surface area (Å²) in [5, 5.41) is 3.30. The van der Waals surface area contributed by atoms with E-state index in [9.17, 15) is 0 Å². The monoisotopic (exact) mass is 173 g/mol. The van der Waals surface area contributed by atoms with E-state index in [-0.39, 0.29) is 0 Å². The second-order valence-corrected chi connectivity index (χ2v) is 2.70. The number of hydrogen-bond acceptors (Lipinski definition) is 3. The highest BCUT2D eigenvalue weighted by Gasteiger charge is 1.97. The lowest BCUT2D eigenvalue weighted by Gasteiger charge is -2.11. The first-order valence-corrected chi connectivity index (χ1v) is 4.26. The van der Waals surface area contributed by atoms with Crippen molar-refractivity contribution in [3.8, 4) is 0 Å². The molecule has 0 rings (SSSR count). The van der Waals surface area contributed by atoms with Gasteiger partial charge in [-0.25, -0.2) is 0 Å². The minimum absolute atomic E-state index is 0.415. The lowest BCUT2D eigenvalue weighted by molar-refractivity contribution is 0.170. The summed E-state index contributed by atoms with van der Waals surface area (Å²) in [5.74, 6) is 0. The molecule has 0 aliphatic heterocycles. The van der Waals surface area contributed by atoms with Crippen LogP contribution in [-0.4, -0.2) is 32.9 Å². The molecule has 1 atom stereocenters. The second-order valence-electron chi connectivity index (χ2n) is 2.70. The van der Waals surface area contributed by atoms with Crippen LogP contribution in [0.3, 0.4) is 0 Å². The Kier molecular flexibility index (Phi) is 8.17. The molecule has 0 amide bonds. The summed E-state index contributed by atoms with van der Waals surface area (Å²) < 4.78 is 9.94. The van der Waals surface area contributed by atoms with Crippen molar-refractivity contribution < 1.29 is 9.47 Å². The first kappa shape index (κ1) is 11.5. The minimum Gasteiger partial charge on any atom is -0.502 e. The van der Waals surface area contributed by atoms with Crippen LogP contribution in [0.1, 0.15) is 13.3 Å². The molecule has 0 aliphatic carbocycles. The number of nitrogens with one attached hydrogen (secondary N) is 1. The van der Waals surface area contributed by atoms with Crippen molar-refractivity contribution in [2.45, 2.75) is 19.4 Å². The molecule has 0 bridgehead atoms. The molecule has 3 heteroatoms. The van der Waals surface area contributed by atoms with Gasteiger partial charge in [0.05, 0.1) is 19.5 Å². The third kappa shape index (κ3) is 7.57. The molecule has 0 aromatic carbocycles. The molecular formula is C9H19NO2. The van der Waals surface area contributed by atoms with Crippen LogP contribution in [0.25, 0.3) is 0 Å². The van der Waals surface area contributed by atoms with Crippen LogP contribution in [0.2, 0.25) is 0 Å². The van der Waals surface area contributed by atoms with E-state index in [1.165, 1.54) is 6.26 Å². The van der Waals surface area contributed by atoms with Crippen molar-refractivity contribution in [2.24, 2.45) is 0 Å². The van der Waals surface area contributed by atoms with Gasteiger partial charge in [-0.15, -0.1) is 0 Å². The molecule has 0 saturated heterocycles. The smallest absolute Gasteiger partial charge is 0.0885 e. The van der Waals surface area contributed by atoms with Gasteiger partial charge in [-0.3, -0.25) is 0 Å². The summed E-state index contributed by atoms with van der Waals surface area (Å²) in [7, 11) is 1.71. The topological polar surface area (TPSA) is 30.5 Å². The van der Waals surface area contributed by atoms with Gasteiger partial charge in [0, 0.05) is 13.2 Å². The van der Waals surface area contributed by atoms with Gasteiger partial charge in [0.1, 0.15) is 0 Å². The van der Waals surface area contributed by atoms with Crippen LogP contribution in [-0.2, 0) is 9.47 Å². The average molecular weight is 173 g/mol. The highest BCUT2D eigenvalue weighted by Crippen LogP contribution is 1.85. The fourth-order valence-electron chi connectivity index (χ4n) is 0.896. The van der Waals surface area contributed by atoms with Crippen molar-refractivity contribution in [3.05, 3.63) is 12.8 Å². The van der Waals surface area contributed by atoms with E-state index < -0.39 is 0 Å². The zero-order chi connectivity index (χ0) is 9.23. The molecule has 0 aliphatic rings. The molecule has 0 saturated carbocycles. The average Bonchev–Trinajstić information content (AvgIpc) is 2.05. The maximum atomic E-state index is 4.97. The number of hydrogen-bond donors (Lipinski definition) is 1. The largest absolute Gasteiger partial charge is 0.502 e. The van der Waals surface area contributed by atoms with E-state index in [1.807, 2.05) is 0 Å². The molecule has 0 aromatic heterocycles. The molecule has 12 heavy (non-hydrogen) atoms. The number of ether oxygens (including phenoxy) is 2. The summed E-state index contributed by atoms with van der Waals surface area (Å²) in [6.45, 7) is 8.00. The number of rotatable bonds is 8. The number of methoxy groups -OCH3 is 1. The van der Waals surface area contributed by atoms with E-state index >= 15 is 0 Å². The zero-order valence-corrected chi connectivity index (χ0v) is 8.01. The van der Waals surface area contributed by atoms with Gasteiger partial charge in [-0.2, -0.15) is 0 Å². The van der Waals surface area contributed by atoms with Gasteiger partial charge < -0.3 is 14.8 Å². The Labute approximate surface area is 74.7 Å². The van der Waals surface area contributed by atoms with Crippen LogP contribution in [0, 0.1) is 0 Å². The Hall–Kier alpha value is -0.540. The Morgan fingerprint density at radius 3 is 2.92 bits per heavy atom. The van der Waals surface area contributed by atoms with Gasteiger partial charge in [0.25, 0.3) is 0 Å². The molecule has 1 unspecified atom stereocenters.